The summed E-state index contributed by atoms with van der Waals surface area (Å²) in [4.78, 5) is 0. The standard InChI is InChI=1S/C11H16N2/c1-11(2)6-4-9-8-13(3)12-10(9)5-7-11/h4-5,7H,6,8H2,1-3H3. The van der Waals surface area contributed by atoms with Crippen LogP contribution in [-0.4, -0.2) is 24.3 Å². The van der Waals surface area contributed by atoms with E-state index < -0.39 is 0 Å². The molecule has 1 aliphatic carbocycles. The Balaban J connectivity index is 2.33. The summed E-state index contributed by atoms with van der Waals surface area (Å²) in [5, 5.41) is 6.42. The minimum Gasteiger partial charge on any atom is -0.295 e. The highest BCUT2D eigenvalue weighted by molar-refractivity contribution is 6.09. The first-order chi connectivity index (χ1) is 6.07. The molecule has 13 heavy (non-hydrogen) atoms. The van der Waals surface area contributed by atoms with Crippen molar-refractivity contribution in [3.05, 3.63) is 23.8 Å². The van der Waals surface area contributed by atoms with Crippen LogP contribution in [0.25, 0.3) is 0 Å². The summed E-state index contributed by atoms with van der Waals surface area (Å²) >= 11 is 0. The highest BCUT2D eigenvalue weighted by Crippen LogP contribution is 2.28. The topological polar surface area (TPSA) is 15.6 Å². The Morgan fingerprint density at radius 1 is 1.46 bits per heavy atom. The van der Waals surface area contributed by atoms with Gasteiger partial charge in [0.2, 0.25) is 0 Å². The van der Waals surface area contributed by atoms with Crippen LogP contribution >= 0.6 is 0 Å². The van der Waals surface area contributed by atoms with Gasteiger partial charge in [-0.25, -0.2) is 0 Å². The third kappa shape index (κ3) is 1.67. The molecule has 2 rings (SSSR count). The van der Waals surface area contributed by atoms with Crippen LogP contribution in [0.1, 0.15) is 20.3 Å². The van der Waals surface area contributed by atoms with Crippen LogP contribution < -0.4 is 0 Å². The van der Waals surface area contributed by atoms with Crippen molar-refractivity contribution in [2.45, 2.75) is 20.3 Å². The van der Waals surface area contributed by atoms with Gasteiger partial charge in [0, 0.05) is 7.05 Å². The van der Waals surface area contributed by atoms with E-state index in [1.807, 2.05) is 12.1 Å². The van der Waals surface area contributed by atoms with E-state index in [1.54, 1.807) is 0 Å². The van der Waals surface area contributed by atoms with E-state index in [0.717, 1.165) is 18.7 Å². The van der Waals surface area contributed by atoms with Crippen molar-refractivity contribution in [2.75, 3.05) is 13.6 Å². The van der Waals surface area contributed by atoms with Crippen LogP contribution in [0.2, 0.25) is 0 Å². The summed E-state index contributed by atoms with van der Waals surface area (Å²) in [5.41, 5.74) is 2.82. The lowest BCUT2D eigenvalue weighted by Gasteiger charge is -2.16. The highest BCUT2D eigenvalue weighted by atomic mass is 15.5. The second-order valence-electron chi connectivity index (χ2n) is 4.56. The van der Waals surface area contributed by atoms with Gasteiger partial charge in [-0.2, -0.15) is 5.10 Å². The molecule has 0 N–H and O–H groups in total. The van der Waals surface area contributed by atoms with Crippen LogP contribution in [0, 0.1) is 5.41 Å². The summed E-state index contributed by atoms with van der Waals surface area (Å²) < 4.78 is 0. The molecule has 0 aromatic rings. The first-order valence-corrected chi connectivity index (χ1v) is 4.75. The van der Waals surface area contributed by atoms with Gasteiger partial charge in [0.1, 0.15) is 0 Å². The Hall–Kier alpha value is -1.05. The maximum absolute atomic E-state index is 4.43. The van der Waals surface area contributed by atoms with Crippen molar-refractivity contribution < 1.29 is 0 Å². The number of hydrazone groups is 1. The van der Waals surface area contributed by atoms with Gasteiger partial charge in [-0.15, -0.1) is 0 Å². The zero-order valence-corrected chi connectivity index (χ0v) is 8.54. The lowest BCUT2D eigenvalue weighted by molar-refractivity contribution is 0.408. The quantitative estimate of drug-likeness (QED) is 0.552. The molecule has 1 aliphatic heterocycles. The van der Waals surface area contributed by atoms with Crippen molar-refractivity contribution >= 4 is 5.71 Å². The predicted octanol–water partition coefficient (Wildman–Crippen LogP) is 2.20. The molecule has 70 valence electrons. The number of rotatable bonds is 0. The number of likely N-dealkylation sites (N-methyl/N-ethyl adjacent to an activating group) is 1. The van der Waals surface area contributed by atoms with Gasteiger partial charge in [-0.1, -0.05) is 26.0 Å². The Kier molecular flexibility index (Phi) is 1.79. The third-order valence-electron chi connectivity index (χ3n) is 2.57. The Morgan fingerprint density at radius 3 is 3.00 bits per heavy atom. The predicted molar refractivity (Wildman–Crippen MR) is 55.7 cm³/mol. The Labute approximate surface area is 79.6 Å². The lowest BCUT2D eigenvalue weighted by Crippen LogP contribution is -2.08. The molecule has 0 atom stereocenters. The van der Waals surface area contributed by atoms with E-state index in [4.69, 9.17) is 0 Å². The molecule has 0 radical (unpaired) electrons. The largest absolute Gasteiger partial charge is 0.295 e. The van der Waals surface area contributed by atoms with Gasteiger partial charge in [0.05, 0.1) is 12.3 Å². The van der Waals surface area contributed by atoms with Crippen molar-refractivity contribution in [3.63, 3.8) is 0 Å². The van der Waals surface area contributed by atoms with Gasteiger partial charge < -0.3 is 0 Å². The van der Waals surface area contributed by atoms with Gasteiger partial charge in [0.15, 0.2) is 0 Å². The van der Waals surface area contributed by atoms with Crippen molar-refractivity contribution in [2.24, 2.45) is 10.5 Å². The van der Waals surface area contributed by atoms with Crippen LogP contribution in [0.3, 0.4) is 0 Å². The van der Waals surface area contributed by atoms with Crippen LogP contribution in [0.15, 0.2) is 28.9 Å². The zero-order chi connectivity index (χ0) is 9.47. The molecule has 2 heteroatoms. The monoisotopic (exact) mass is 176 g/mol. The number of allylic oxidation sites excluding steroid dienone is 3. The summed E-state index contributed by atoms with van der Waals surface area (Å²) in [5.74, 6) is 0. The highest BCUT2D eigenvalue weighted by Gasteiger charge is 2.21. The van der Waals surface area contributed by atoms with E-state index >= 15 is 0 Å². The molecule has 0 saturated carbocycles. The minimum absolute atomic E-state index is 0.290. The molecule has 0 saturated heterocycles. The maximum Gasteiger partial charge on any atom is 0.0876 e. The summed E-state index contributed by atoms with van der Waals surface area (Å²) in [6.45, 7) is 5.48. The molecule has 0 amide bonds. The maximum atomic E-state index is 4.43. The molecule has 0 fully saturated rings. The second-order valence-corrected chi connectivity index (χ2v) is 4.56. The molecule has 0 aromatic carbocycles. The van der Waals surface area contributed by atoms with E-state index in [9.17, 15) is 0 Å². The van der Waals surface area contributed by atoms with Crippen LogP contribution in [0.4, 0.5) is 0 Å². The third-order valence-corrected chi connectivity index (χ3v) is 2.57. The first kappa shape index (κ1) is 8.54. The number of hydrogen-bond donors (Lipinski definition) is 0. The van der Waals surface area contributed by atoms with E-state index in [2.05, 4.69) is 37.2 Å². The summed E-state index contributed by atoms with van der Waals surface area (Å²) in [7, 11) is 2.02. The fourth-order valence-corrected chi connectivity index (χ4v) is 1.68. The van der Waals surface area contributed by atoms with Gasteiger partial charge in [-0.3, -0.25) is 5.01 Å². The fourth-order valence-electron chi connectivity index (χ4n) is 1.68. The van der Waals surface area contributed by atoms with E-state index in [1.165, 1.54) is 5.57 Å². The van der Waals surface area contributed by atoms with Crippen LogP contribution in [0.5, 0.6) is 0 Å². The molecular formula is C11H16N2. The molecule has 0 aromatic heterocycles. The zero-order valence-electron chi connectivity index (χ0n) is 8.54. The molecular weight excluding hydrogens is 160 g/mol. The van der Waals surface area contributed by atoms with Crippen molar-refractivity contribution in [1.29, 1.82) is 0 Å². The molecule has 1 heterocycles. The van der Waals surface area contributed by atoms with Crippen molar-refractivity contribution in [1.82, 2.24) is 5.01 Å². The Morgan fingerprint density at radius 2 is 2.23 bits per heavy atom. The van der Waals surface area contributed by atoms with E-state index in [-0.39, 0.29) is 0 Å². The molecule has 2 nitrogen and oxygen atoms in total. The summed E-state index contributed by atoms with van der Waals surface area (Å²) in [6.07, 6.45) is 7.85. The normalized spacial score (nSPS) is 25.0. The minimum atomic E-state index is 0.290. The van der Waals surface area contributed by atoms with Crippen molar-refractivity contribution in [3.8, 4) is 0 Å². The fraction of sp³-hybridized carbons (Fsp3) is 0.545. The van der Waals surface area contributed by atoms with Crippen LogP contribution in [-0.2, 0) is 0 Å². The molecule has 2 aliphatic rings. The average molecular weight is 176 g/mol. The molecule has 0 unspecified atom stereocenters. The average Bonchev–Trinajstić information content (AvgIpc) is 2.34. The number of fused-ring (bicyclic) bond motifs is 1. The molecule has 0 spiro atoms. The Bertz CT molecular complexity index is 308. The van der Waals surface area contributed by atoms with Gasteiger partial charge in [-0.05, 0) is 23.5 Å². The van der Waals surface area contributed by atoms with E-state index in [0.29, 0.717) is 5.41 Å². The summed E-state index contributed by atoms with van der Waals surface area (Å²) in [6, 6.07) is 0. The number of nitrogens with zero attached hydrogens (tertiary/aromatic N) is 2. The van der Waals surface area contributed by atoms with Gasteiger partial charge in [0.25, 0.3) is 0 Å². The van der Waals surface area contributed by atoms with Gasteiger partial charge >= 0.3 is 0 Å². The lowest BCUT2D eigenvalue weighted by atomic mass is 9.90. The SMILES string of the molecule is CN1CC2=CCC(C)(C)C=CC2=N1. The first-order valence-electron chi connectivity index (χ1n) is 4.75. The smallest absolute Gasteiger partial charge is 0.0876 e. The second kappa shape index (κ2) is 2.72. The molecule has 0 bridgehead atoms. The number of hydrogen-bond acceptors (Lipinski definition) is 2.